The van der Waals surface area contributed by atoms with Gasteiger partial charge in [0, 0.05) is 0 Å². The molecule has 0 heterocycles. The zero-order valence-corrected chi connectivity index (χ0v) is 11.7. The molecule has 3 rings (SSSR count). The number of hydrogen-bond acceptors (Lipinski definition) is 2. The Bertz CT molecular complexity index is 437. The first kappa shape index (κ1) is 12.7. The largest absolute Gasteiger partial charge is 0.271 e. The van der Waals surface area contributed by atoms with Crippen molar-refractivity contribution in [2.45, 2.75) is 31.7 Å². The second kappa shape index (κ2) is 5.01. The molecule has 3 atom stereocenters. The topological polar surface area (TPSA) is 38.0 Å². The number of nitrogens with two attached hydrogens (primary N) is 1. The number of halogens is 2. The highest BCUT2D eigenvalue weighted by Crippen LogP contribution is 2.60. The summed E-state index contributed by atoms with van der Waals surface area (Å²) < 4.78 is 0. The van der Waals surface area contributed by atoms with E-state index in [1.165, 1.54) is 25.7 Å². The number of nitrogens with one attached hydrogen (secondary N) is 1. The summed E-state index contributed by atoms with van der Waals surface area (Å²) in [5, 5.41) is 1.25. The van der Waals surface area contributed by atoms with Crippen molar-refractivity contribution in [1.82, 2.24) is 5.43 Å². The molecule has 98 valence electrons. The first-order valence-corrected chi connectivity index (χ1v) is 7.39. The van der Waals surface area contributed by atoms with Crippen molar-refractivity contribution >= 4 is 23.2 Å². The Morgan fingerprint density at radius 2 is 1.83 bits per heavy atom. The van der Waals surface area contributed by atoms with Gasteiger partial charge in [0.2, 0.25) is 0 Å². The van der Waals surface area contributed by atoms with E-state index in [-0.39, 0.29) is 6.04 Å². The highest BCUT2D eigenvalue weighted by atomic mass is 35.5. The fourth-order valence-electron chi connectivity index (χ4n) is 3.71. The van der Waals surface area contributed by atoms with Crippen LogP contribution in [-0.2, 0) is 0 Å². The van der Waals surface area contributed by atoms with E-state index < -0.39 is 0 Å². The molecule has 4 heteroatoms. The maximum atomic E-state index is 6.31. The van der Waals surface area contributed by atoms with E-state index in [1.54, 1.807) is 0 Å². The summed E-state index contributed by atoms with van der Waals surface area (Å²) in [5.74, 6) is 8.06. The van der Waals surface area contributed by atoms with Gasteiger partial charge in [0.15, 0.2) is 0 Å². The van der Waals surface area contributed by atoms with E-state index in [9.17, 15) is 0 Å². The molecular weight excluding hydrogens is 267 g/mol. The lowest BCUT2D eigenvalue weighted by Crippen LogP contribution is -2.30. The lowest BCUT2D eigenvalue weighted by atomic mass is 10.0. The molecule has 0 aromatic heterocycles. The first-order chi connectivity index (χ1) is 8.74. The molecule has 0 saturated heterocycles. The summed E-state index contributed by atoms with van der Waals surface area (Å²) in [6.45, 7) is 0. The number of hydrogen-bond donors (Lipinski definition) is 2. The molecular formula is C14H18Cl2N2. The average molecular weight is 285 g/mol. The molecule has 0 spiro atoms. The van der Waals surface area contributed by atoms with Gasteiger partial charge in [-0.15, -0.1) is 0 Å². The lowest BCUT2D eigenvalue weighted by Gasteiger charge is -2.18. The second-order valence-electron chi connectivity index (χ2n) is 5.48. The van der Waals surface area contributed by atoms with Crippen LogP contribution in [0, 0.1) is 17.8 Å². The SMILES string of the molecule is NNC(c1cccc(Cl)c1Cl)C1C2CCCCC21. The van der Waals surface area contributed by atoms with E-state index in [1.807, 2.05) is 18.2 Å². The molecule has 2 nitrogen and oxygen atoms in total. The smallest absolute Gasteiger partial charge is 0.0640 e. The van der Waals surface area contributed by atoms with Gasteiger partial charge >= 0.3 is 0 Å². The van der Waals surface area contributed by atoms with Crippen molar-refractivity contribution in [2.24, 2.45) is 23.6 Å². The highest BCUT2D eigenvalue weighted by Gasteiger charge is 2.54. The van der Waals surface area contributed by atoms with Gasteiger partial charge in [-0.1, -0.05) is 48.2 Å². The van der Waals surface area contributed by atoms with Crippen LogP contribution in [0.4, 0.5) is 0 Å². The third-order valence-corrected chi connectivity index (χ3v) is 5.44. The Labute approximate surface area is 118 Å². The quantitative estimate of drug-likeness (QED) is 0.652. The van der Waals surface area contributed by atoms with Crippen molar-refractivity contribution in [3.8, 4) is 0 Å². The molecule has 2 saturated carbocycles. The zero-order valence-electron chi connectivity index (χ0n) is 10.2. The van der Waals surface area contributed by atoms with Gasteiger partial charge < -0.3 is 0 Å². The van der Waals surface area contributed by atoms with E-state index in [2.05, 4.69) is 5.43 Å². The van der Waals surface area contributed by atoms with Crippen LogP contribution >= 0.6 is 23.2 Å². The third kappa shape index (κ3) is 2.05. The maximum Gasteiger partial charge on any atom is 0.0640 e. The monoisotopic (exact) mass is 284 g/mol. The van der Waals surface area contributed by atoms with Crippen LogP contribution in [0.3, 0.4) is 0 Å². The van der Waals surface area contributed by atoms with Gasteiger partial charge in [0.1, 0.15) is 0 Å². The minimum absolute atomic E-state index is 0.143. The average Bonchev–Trinajstić information content (AvgIpc) is 3.10. The molecule has 3 N–H and O–H groups in total. The fraction of sp³-hybridized carbons (Fsp3) is 0.571. The number of hydrazine groups is 1. The molecule has 0 aliphatic heterocycles. The third-order valence-electron chi connectivity index (χ3n) is 4.60. The number of rotatable bonds is 3. The molecule has 2 aliphatic rings. The molecule has 2 aliphatic carbocycles. The standard InChI is InChI=1S/C14H18Cl2N2/c15-11-7-3-6-10(13(11)16)14(18-17)12-8-4-1-2-5-9(8)12/h3,6-9,12,14,18H,1-2,4-5,17H2. The molecule has 2 fully saturated rings. The van der Waals surface area contributed by atoms with Crippen molar-refractivity contribution in [1.29, 1.82) is 0 Å². The Hall–Kier alpha value is -0.280. The molecule has 18 heavy (non-hydrogen) atoms. The fourth-order valence-corrected chi connectivity index (χ4v) is 4.14. The van der Waals surface area contributed by atoms with Crippen LogP contribution in [0.2, 0.25) is 10.0 Å². The normalized spacial score (nSPS) is 31.8. The van der Waals surface area contributed by atoms with Crippen LogP contribution in [-0.4, -0.2) is 0 Å². The minimum atomic E-state index is 0.143. The van der Waals surface area contributed by atoms with Crippen LogP contribution < -0.4 is 11.3 Å². The summed E-state index contributed by atoms with van der Waals surface area (Å²) >= 11 is 12.4. The first-order valence-electron chi connectivity index (χ1n) is 6.64. The number of fused-ring (bicyclic) bond motifs is 1. The second-order valence-corrected chi connectivity index (χ2v) is 6.26. The minimum Gasteiger partial charge on any atom is -0.271 e. The van der Waals surface area contributed by atoms with Gasteiger partial charge in [0.25, 0.3) is 0 Å². The number of benzene rings is 1. The van der Waals surface area contributed by atoms with Gasteiger partial charge in [0.05, 0.1) is 16.1 Å². The molecule has 1 aromatic rings. The van der Waals surface area contributed by atoms with Crippen molar-refractivity contribution in [2.75, 3.05) is 0 Å². The van der Waals surface area contributed by atoms with Gasteiger partial charge in [-0.3, -0.25) is 11.3 Å². The van der Waals surface area contributed by atoms with Crippen molar-refractivity contribution in [3.05, 3.63) is 33.8 Å². The molecule has 3 unspecified atom stereocenters. The summed E-state index contributed by atoms with van der Waals surface area (Å²) in [4.78, 5) is 0. The molecule has 0 radical (unpaired) electrons. The maximum absolute atomic E-state index is 6.31. The molecule has 0 bridgehead atoms. The molecule has 0 amide bonds. The Kier molecular flexibility index (Phi) is 3.55. The molecule has 1 aromatic carbocycles. The van der Waals surface area contributed by atoms with Crippen LogP contribution in [0.5, 0.6) is 0 Å². The van der Waals surface area contributed by atoms with Crippen LogP contribution in [0.25, 0.3) is 0 Å². The van der Waals surface area contributed by atoms with Crippen LogP contribution in [0.15, 0.2) is 18.2 Å². The lowest BCUT2D eigenvalue weighted by molar-refractivity contribution is 0.456. The highest BCUT2D eigenvalue weighted by molar-refractivity contribution is 6.42. The van der Waals surface area contributed by atoms with Gasteiger partial charge in [-0.05, 0) is 42.2 Å². The summed E-state index contributed by atoms with van der Waals surface area (Å²) in [6, 6.07) is 5.94. The summed E-state index contributed by atoms with van der Waals surface area (Å²) in [5.41, 5.74) is 4.01. The van der Waals surface area contributed by atoms with Gasteiger partial charge in [-0.25, -0.2) is 0 Å². The van der Waals surface area contributed by atoms with Gasteiger partial charge in [-0.2, -0.15) is 0 Å². The predicted octanol–water partition coefficient (Wildman–Crippen LogP) is 3.93. The predicted molar refractivity (Wildman–Crippen MR) is 75.5 cm³/mol. The van der Waals surface area contributed by atoms with Crippen molar-refractivity contribution in [3.63, 3.8) is 0 Å². The van der Waals surface area contributed by atoms with Crippen molar-refractivity contribution < 1.29 is 0 Å². The van der Waals surface area contributed by atoms with E-state index in [0.29, 0.717) is 16.0 Å². The zero-order chi connectivity index (χ0) is 12.7. The van der Waals surface area contributed by atoms with E-state index in [4.69, 9.17) is 29.0 Å². The Balaban J connectivity index is 1.87. The van der Waals surface area contributed by atoms with E-state index >= 15 is 0 Å². The van der Waals surface area contributed by atoms with E-state index in [0.717, 1.165) is 17.4 Å². The van der Waals surface area contributed by atoms with Crippen LogP contribution in [0.1, 0.15) is 37.3 Å². The summed E-state index contributed by atoms with van der Waals surface area (Å²) in [7, 11) is 0. The Morgan fingerprint density at radius 1 is 1.17 bits per heavy atom. The summed E-state index contributed by atoms with van der Waals surface area (Å²) in [6.07, 6.45) is 5.40. The Morgan fingerprint density at radius 3 is 2.44 bits per heavy atom.